The summed E-state index contributed by atoms with van der Waals surface area (Å²) in [6.07, 6.45) is 6.66. The van der Waals surface area contributed by atoms with Crippen LogP contribution in [0, 0.1) is 34.5 Å². The van der Waals surface area contributed by atoms with E-state index in [9.17, 15) is 15.0 Å². The van der Waals surface area contributed by atoms with Crippen LogP contribution in [0.1, 0.15) is 88.3 Å². The van der Waals surface area contributed by atoms with Crippen molar-refractivity contribution >= 4 is 5.97 Å². The summed E-state index contributed by atoms with van der Waals surface area (Å²) in [6.45, 7) is 5.04. The number of fused-ring (bicyclic) bond motifs is 5. The van der Waals surface area contributed by atoms with Crippen LogP contribution < -0.4 is 0 Å². The van der Waals surface area contributed by atoms with Gasteiger partial charge < -0.3 is 19.7 Å². The molecule has 244 valence electrons. The van der Waals surface area contributed by atoms with E-state index in [2.05, 4.69) is 79.7 Å². The topological polar surface area (TPSA) is 76.0 Å². The summed E-state index contributed by atoms with van der Waals surface area (Å²) in [5.41, 5.74) is 0.672. The van der Waals surface area contributed by atoms with E-state index in [1.807, 2.05) is 25.1 Å². The molecule has 5 heteroatoms. The lowest BCUT2D eigenvalue weighted by molar-refractivity contribution is -0.253. The average Bonchev–Trinajstić information content (AvgIpc) is 3.44. The van der Waals surface area contributed by atoms with Gasteiger partial charge in [-0.2, -0.15) is 0 Å². The molecule has 0 heterocycles. The Morgan fingerprint density at radius 2 is 1.37 bits per heavy atom. The van der Waals surface area contributed by atoms with E-state index >= 15 is 0 Å². The molecule has 0 unspecified atom stereocenters. The average molecular weight is 623 g/mol. The summed E-state index contributed by atoms with van der Waals surface area (Å²) in [4.78, 5) is 13.2. The molecule has 4 saturated carbocycles. The standard InChI is InChI=1S/C41H50O5/c1-3-45-37(43)36-20-19-34-33-22-26-40(44)27-32(42)21-25-39(40,35(33)23-24-38(34,36)2)28-46-41(29-13-7-4-8-14-29,30-15-9-5-10-16-30)31-17-11-6-12-18-31/h4-18,32-36,42,44H,3,19-28H2,1-2H3/t32-,33+,34+,35+,36-,38+,39+,40+/m1/s1. The fourth-order valence-electron chi connectivity index (χ4n) is 11.0. The number of aliphatic hydroxyl groups excluding tert-OH is 1. The minimum absolute atomic E-state index is 0.0320. The highest BCUT2D eigenvalue weighted by Gasteiger charge is 2.67. The normalized spacial score (nSPS) is 35.4. The fraction of sp³-hybridized carbons (Fsp3) is 0.537. The van der Waals surface area contributed by atoms with Crippen molar-refractivity contribution in [3.8, 4) is 0 Å². The van der Waals surface area contributed by atoms with Crippen LogP contribution in [-0.4, -0.2) is 41.1 Å². The minimum atomic E-state index is -1.02. The fourth-order valence-corrected chi connectivity index (χ4v) is 11.0. The Hall–Kier alpha value is -2.99. The Bertz CT molecular complexity index is 1400. The van der Waals surface area contributed by atoms with Crippen LogP contribution in [0.2, 0.25) is 0 Å². The number of ether oxygens (including phenoxy) is 2. The number of carbonyl (C=O) groups is 1. The largest absolute Gasteiger partial charge is 0.466 e. The predicted molar refractivity (Wildman–Crippen MR) is 179 cm³/mol. The molecular formula is C41H50O5. The molecule has 0 bridgehead atoms. The van der Waals surface area contributed by atoms with E-state index in [0.717, 1.165) is 55.2 Å². The van der Waals surface area contributed by atoms with Crippen molar-refractivity contribution in [3.05, 3.63) is 108 Å². The number of hydrogen-bond acceptors (Lipinski definition) is 5. The Kier molecular flexibility index (Phi) is 8.40. The van der Waals surface area contributed by atoms with Gasteiger partial charge in [-0.3, -0.25) is 4.79 Å². The molecule has 0 saturated heterocycles. The third kappa shape index (κ3) is 4.88. The zero-order valence-electron chi connectivity index (χ0n) is 27.4. The van der Waals surface area contributed by atoms with Crippen LogP contribution in [0.5, 0.6) is 0 Å². The van der Waals surface area contributed by atoms with Gasteiger partial charge in [0.2, 0.25) is 0 Å². The van der Waals surface area contributed by atoms with Gasteiger partial charge in [0, 0.05) is 11.8 Å². The Balaban J connectivity index is 1.31. The van der Waals surface area contributed by atoms with E-state index in [4.69, 9.17) is 9.47 Å². The Morgan fingerprint density at radius 1 is 0.783 bits per heavy atom. The van der Waals surface area contributed by atoms with Gasteiger partial charge >= 0.3 is 5.97 Å². The van der Waals surface area contributed by atoms with Crippen molar-refractivity contribution in [3.63, 3.8) is 0 Å². The van der Waals surface area contributed by atoms with E-state index in [1.165, 1.54) is 0 Å². The lowest BCUT2D eigenvalue weighted by Crippen LogP contribution is -2.66. The molecule has 3 aromatic carbocycles. The van der Waals surface area contributed by atoms with Gasteiger partial charge in [-0.15, -0.1) is 0 Å². The molecule has 0 aliphatic heterocycles. The molecule has 4 aliphatic rings. The number of hydrogen-bond donors (Lipinski definition) is 2. The summed E-state index contributed by atoms with van der Waals surface area (Å²) in [6, 6.07) is 31.5. The van der Waals surface area contributed by atoms with Crippen LogP contribution in [0.15, 0.2) is 91.0 Å². The van der Waals surface area contributed by atoms with Crippen molar-refractivity contribution in [2.75, 3.05) is 13.2 Å². The monoisotopic (exact) mass is 622 g/mol. The van der Waals surface area contributed by atoms with Crippen LogP contribution in [-0.2, 0) is 19.9 Å². The second kappa shape index (κ2) is 12.2. The number of aliphatic hydroxyl groups is 2. The molecule has 2 N–H and O–H groups in total. The quantitative estimate of drug-likeness (QED) is 0.199. The van der Waals surface area contributed by atoms with Crippen LogP contribution in [0.4, 0.5) is 0 Å². The smallest absolute Gasteiger partial charge is 0.309 e. The summed E-state index contributed by atoms with van der Waals surface area (Å²) in [7, 11) is 0. The van der Waals surface area contributed by atoms with Gasteiger partial charge in [-0.1, -0.05) is 97.9 Å². The summed E-state index contributed by atoms with van der Waals surface area (Å²) in [5.74, 6) is 0.975. The minimum Gasteiger partial charge on any atom is -0.466 e. The lowest BCUT2D eigenvalue weighted by Gasteiger charge is -2.65. The van der Waals surface area contributed by atoms with E-state index in [1.54, 1.807) is 0 Å². The molecule has 0 aromatic heterocycles. The maximum atomic E-state index is 13.2. The van der Waals surface area contributed by atoms with Gasteiger partial charge in [0.1, 0.15) is 5.60 Å². The summed E-state index contributed by atoms with van der Waals surface area (Å²) in [5, 5.41) is 23.7. The third-order valence-corrected chi connectivity index (χ3v) is 13.1. The van der Waals surface area contributed by atoms with Gasteiger partial charge in [-0.05, 0) is 98.1 Å². The molecule has 0 amide bonds. The molecule has 0 radical (unpaired) electrons. The van der Waals surface area contributed by atoms with Gasteiger partial charge in [0.15, 0.2) is 0 Å². The number of rotatable bonds is 8. The first-order chi connectivity index (χ1) is 22.3. The van der Waals surface area contributed by atoms with Gasteiger partial charge in [0.05, 0.1) is 30.8 Å². The predicted octanol–water partition coefficient (Wildman–Crippen LogP) is 7.67. The molecule has 3 aromatic rings. The number of benzene rings is 3. The molecule has 7 rings (SSSR count). The van der Waals surface area contributed by atoms with Crippen molar-refractivity contribution in [2.24, 2.45) is 34.5 Å². The Labute approximate surface area is 274 Å². The van der Waals surface area contributed by atoms with E-state index in [0.29, 0.717) is 44.3 Å². The maximum Gasteiger partial charge on any atom is 0.309 e. The van der Waals surface area contributed by atoms with Crippen LogP contribution >= 0.6 is 0 Å². The first kappa shape index (κ1) is 31.6. The maximum absolute atomic E-state index is 13.2. The zero-order chi connectivity index (χ0) is 32.0. The van der Waals surface area contributed by atoms with Gasteiger partial charge in [0.25, 0.3) is 0 Å². The SMILES string of the molecule is CCOC(=O)[C@H]1CC[C@H]2[C@@H]3CC[C@]4(O)C[C@H](O)CC[C@]4(COC(c4ccccc4)(c4ccccc4)c4ccccc4)[C@H]3CC[C@]12C. The van der Waals surface area contributed by atoms with Crippen molar-refractivity contribution in [2.45, 2.75) is 88.9 Å². The molecule has 46 heavy (non-hydrogen) atoms. The van der Waals surface area contributed by atoms with Crippen LogP contribution in [0.25, 0.3) is 0 Å². The second-order valence-electron chi connectivity index (χ2n) is 15.0. The molecular weight excluding hydrogens is 572 g/mol. The molecule has 5 nitrogen and oxygen atoms in total. The molecule has 8 atom stereocenters. The highest BCUT2D eigenvalue weighted by Crippen LogP contribution is 2.69. The highest BCUT2D eigenvalue weighted by molar-refractivity contribution is 5.74. The first-order valence-electron chi connectivity index (χ1n) is 17.6. The summed E-state index contributed by atoms with van der Waals surface area (Å²) < 4.78 is 13.1. The van der Waals surface area contributed by atoms with Crippen molar-refractivity contribution in [1.82, 2.24) is 0 Å². The molecule has 4 aliphatic carbocycles. The second-order valence-corrected chi connectivity index (χ2v) is 15.0. The highest BCUT2D eigenvalue weighted by atomic mass is 16.5. The first-order valence-corrected chi connectivity index (χ1v) is 17.6. The molecule has 0 spiro atoms. The lowest BCUT2D eigenvalue weighted by atomic mass is 9.43. The van der Waals surface area contributed by atoms with Crippen LogP contribution in [0.3, 0.4) is 0 Å². The van der Waals surface area contributed by atoms with Crippen molar-refractivity contribution < 1.29 is 24.5 Å². The van der Waals surface area contributed by atoms with E-state index in [-0.39, 0.29) is 23.2 Å². The van der Waals surface area contributed by atoms with E-state index < -0.39 is 22.7 Å². The Morgan fingerprint density at radius 3 is 1.93 bits per heavy atom. The number of carbonyl (C=O) groups excluding carboxylic acids is 1. The number of esters is 1. The zero-order valence-corrected chi connectivity index (χ0v) is 27.4. The van der Waals surface area contributed by atoms with Gasteiger partial charge in [-0.25, -0.2) is 0 Å². The van der Waals surface area contributed by atoms with Crippen molar-refractivity contribution in [1.29, 1.82) is 0 Å². The summed E-state index contributed by atoms with van der Waals surface area (Å²) >= 11 is 0. The third-order valence-electron chi connectivity index (χ3n) is 13.1. The molecule has 4 fully saturated rings.